The molecule has 0 aliphatic carbocycles. The summed E-state index contributed by atoms with van der Waals surface area (Å²) in [5.41, 5.74) is 0. The van der Waals surface area contributed by atoms with Crippen molar-refractivity contribution in [2.45, 2.75) is 0 Å². The van der Waals surface area contributed by atoms with E-state index in [0.29, 0.717) is 0 Å². The molecule has 0 aliphatic heterocycles. The van der Waals surface area contributed by atoms with Gasteiger partial charge in [0.15, 0.2) is 0 Å². The normalized spacial score (nSPS) is 6.22. The van der Waals surface area contributed by atoms with Gasteiger partial charge in [-0.15, -0.1) is 0 Å². The van der Waals surface area contributed by atoms with E-state index in [9.17, 15) is 0 Å². The van der Waals surface area contributed by atoms with Crippen LogP contribution in [0, 0.1) is 5.41 Å². The van der Waals surface area contributed by atoms with Gasteiger partial charge in [0.25, 0.3) is 0 Å². The molecule has 9 heavy (non-hydrogen) atoms. The molecule has 0 saturated heterocycles. The van der Waals surface area contributed by atoms with Crippen LogP contribution in [0.4, 0.5) is 0 Å². The highest BCUT2D eigenvalue weighted by molar-refractivity contribution is 7.78. The van der Waals surface area contributed by atoms with Crippen molar-refractivity contribution in [2.24, 2.45) is 0 Å². The summed E-state index contributed by atoms with van der Waals surface area (Å²) in [6.07, 6.45) is 0. The van der Waals surface area contributed by atoms with Gasteiger partial charge in [-0.3, -0.25) is 0 Å². The van der Waals surface area contributed by atoms with E-state index in [1.54, 1.807) is 5.16 Å². The Bertz CT molecular complexity index is 139. The molecule has 0 unspecified atom stereocenters. The lowest BCUT2D eigenvalue weighted by Crippen LogP contribution is -1.47. The lowest BCUT2D eigenvalue weighted by atomic mass is 10.4. The van der Waals surface area contributed by atoms with Crippen LogP contribution in [0.1, 0.15) is 0 Å². The highest BCUT2D eigenvalue weighted by atomic mass is 32.1. The van der Waals surface area contributed by atoms with Crippen LogP contribution in [0.15, 0.2) is 36.4 Å². The molecule has 0 spiro atoms. The van der Waals surface area contributed by atoms with Crippen molar-refractivity contribution in [2.75, 3.05) is 0 Å². The second-order valence-electron chi connectivity index (χ2n) is 1.26. The molecule has 1 aromatic rings. The summed E-state index contributed by atoms with van der Waals surface area (Å²) in [4.78, 5) is 0. The molecule has 0 fully saturated rings. The number of rotatable bonds is 0. The first-order valence-electron chi connectivity index (χ1n) is 2.45. The Morgan fingerprint density at radius 1 is 0.889 bits per heavy atom. The summed E-state index contributed by atoms with van der Waals surface area (Å²) < 4.78 is 0. The SMILES string of the molecule is N=C=S.c1ccccc1. The highest BCUT2D eigenvalue weighted by Gasteiger charge is 1.57. The first-order valence-corrected chi connectivity index (χ1v) is 2.86. The van der Waals surface area contributed by atoms with E-state index in [0.717, 1.165) is 0 Å². The van der Waals surface area contributed by atoms with Crippen LogP contribution < -0.4 is 0 Å². The van der Waals surface area contributed by atoms with E-state index >= 15 is 0 Å². The minimum Gasteiger partial charge on any atom is -0.248 e. The van der Waals surface area contributed by atoms with Crippen molar-refractivity contribution < 1.29 is 0 Å². The molecule has 1 aromatic carbocycles. The van der Waals surface area contributed by atoms with E-state index < -0.39 is 0 Å². The maximum atomic E-state index is 5.77. The molecule has 46 valence electrons. The molecular formula is C7H7NS. The molecule has 1 nitrogen and oxygen atoms in total. The first-order chi connectivity index (χ1) is 4.41. The second-order valence-corrected chi connectivity index (χ2v) is 1.46. The zero-order chi connectivity index (χ0) is 6.95. The predicted molar refractivity (Wildman–Crippen MR) is 41.8 cm³/mol. The van der Waals surface area contributed by atoms with Crippen molar-refractivity contribution >= 4 is 17.4 Å². The summed E-state index contributed by atoms with van der Waals surface area (Å²) in [7, 11) is 0. The number of hydrogen-bond donors (Lipinski definition) is 1. The summed E-state index contributed by atoms with van der Waals surface area (Å²) in [6, 6.07) is 12.0. The molecule has 1 N–H and O–H groups in total. The fourth-order valence-electron chi connectivity index (χ4n) is 0.385. The van der Waals surface area contributed by atoms with Crippen molar-refractivity contribution in [1.82, 2.24) is 0 Å². The van der Waals surface area contributed by atoms with Gasteiger partial charge in [-0.2, -0.15) is 0 Å². The topological polar surface area (TPSA) is 23.9 Å². The summed E-state index contributed by atoms with van der Waals surface area (Å²) in [5.74, 6) is 0. The van der Waals surface area contributed by atoms with E-state index in [1.165, 1.54) is 0 Å². The number of isothiocyanates is 1. The van der Waals surface area contributed by atoms with E-state index in [-0.39, 0.29) is 0 Å². The molecule has 0 amide bonds. The van der Waals surface area contributed by atoms with Gasteiger partial charge in [-0.25, -0.2) is 5.41 Å². The Hall–Kier alpha value is -0.980. The van der Waals surface area contributed by atoms with Gasteiger partial charge in [0, 0.05) is 0 Å². The lowest BCUT2D eigenvalue weighted by molar-refractivity contribution is 1.61. The van der Waals surface area contributed by atoms with E-state index in [1.807, 2.05) is 36.4 Å². The minimum atomic E-state index is 1.58. The third-order valence-corrected chi connectivity index (χ3v) is 0.667. The van der Waals surface area contributed by atoms with Crippen LogP contribution >= 0.6 is 12.2 Å². The van der Waals surface area contributed by atoms with Crippen LogP contribution in [0.5, 0.6) is 0 Å². The van der Waals surface area contributed by atoms with Gasteiger partial charge in [0.1, 0.15) is 0 Å². The highest BCUT2D eigenvalue weighted by Crippen LogP contribution is 1.79. The van der Waals surface area contributed by atoms with Crippen LogP contribution in [-0.4, -0.2) is 5.16 Å². The Morgan fingerprint density at radius 2 is 1.00 bits per heavy atom. The van der Waals surface area contributed by atoms with Crippen LogP contribution in [0.25, 0.3) is 0 Å². The van der Waals surface area contributed by atoms with Gasteiger partial charge in [0.05, 0.1) is 5.16 Å². The van der Waals surface area contributed by atoms with Crippen LogP contribution in [-0.2, 0) is 0 Å². The molecule has 0 aliphatic rings. The largest absolute Gasteiger partial charge is 0.248 e. The van der Waals surface area contributed by atoms with E-state index in [4.69, 9.17) is 5.41 Å². The van der Waals surface area contributed by atoms with Gasteiger partial charge >= 0.3 is 0 Å². The zero-order valence-electron chi connectivity index (χ0n) is 4.87. The summed E-state index contributed by atoms with van der Waals surface area (Å²) >= 11 is 3.81. The molecule has 0 saturated carbocycles. The molecule has 0 heterocycles. The Kier molecular flexibility index (Phi) is 6.26. The standard InChI is InChI=1S/C6H6.CHNS/c1-2-4-6-5-3-1;2-1-3/h1-6H;2H. The maximum Gasteiger partial charge on any atom is 0.0554 e. The number of nitrogens with one attached hydrogen (secondary N) is 1. The molecule has 0 aromatic heterocycles. The van der Waals surface area contributed by atoms with Crippen molar-refractivity contribution in [3.8, 4) is 0 Å². The molecule has 0 bridgehead atoms. The Balaban J connectivity index is 0.000000187. The summed E-state index contributed by atoms with van der Waals surface area (Å²) in [6.45, 7) is 0. The quantitative estimate of drug-likeness (QED) is 0.430. The zero-order valence-corrected chi connectivity index (χ0v) is 5.69. The van der Waals surface area contributed by atoms with Crippen molar-refractivity contribution in [3.63, 3.8) is 0 Å². The van der Waals surface area contributed by atoms with Crippen molar-refractivity contribution in [1.29, 1.82) is 5.41 Å². The monoisotopic (exact) mass is 137 g/mol. The smallest absolute Gasteiger partial charge is 0.0554 e. The third kappa shape index (κ3) is 7.02. The minimum absolute atomic E-state index is 1.58. The molecule has 1 rings (SSSR count). The summed E-state index contributed by atoms with van der Waals surface area (Å²) in [5, 5.41) is 7.36. The molecule has 0 atom stereocenters. The molecular weight excluding hydrogens is 130 g/mol. The average Bonchev–Trinajstić information content (AvgIpc) is 1.93. The number of thiocarbonyl (C=S) groups is 1. The lowest BCUT2D eigenvalue weighted by Gasteiger charge is -1.69. The number of benzene rings is 1. The fraction of sp³-hybridized carbons (Fsp3) is 0. The van der Waals surface area contributed by atoms with Gasteiger partial charge in [-0.05, 0) is 12.2 Å². The Morgan fingerprint density at radius 3 is 1.11 bits per heavy atom. The van der Waals surface area contributed by atoms with Crippen molar-refractivity contribution in [3.05, 3.63) is 36.4 Å². The van der Waals surface area contributed by atoms with Gasteiger partial charge in [0.2, 0.25) is 0 Å². The number of hydrogen-bond acceptors (Lipinski definition) is 2. The second kappa shape index (κ2) is 7.02. The average molecular weight is 137 g/mol. The first kappa shape index (κ1) is 8.02. The fourth-order valence-corrected chi connectivity index (χ4v) is 0.385. The van der Waals surface area contributed by atoms with E-state index in [2.05, 4.69) is 12.2 Å². The van der Waals surface area contributed by atoms with Gasteiger partial charge < -0.3 is 0 Å². The third-order valence-electron chi connectivity index (χ3n) is 0.667. The predicted octanol–water partition coefficient (Wildman–Crippen LogP) is 2.35. The Labute approximate surface area is 59.8 Å². The molecule has 0 radical (unpaired) electrons. The van der Waals surface area contributed by atoms with Gasteiger partial charge in [-0.1, -0.05) is 36.4 Å². The van der Waals surface area contributed by atoms with Crippen LogP contribution in [0.2, 0.25) is 0 Å². The maximum absolute atomic E-state index is 5.77. The van der Waals surface area contributed by atoms with Crippen LogP contribution in [0.3, 0.4) is 0 Å². The molecule has 2 heteroatoms.